The van der Waals surface area contributed by atoms with Crippen molar-refractivity contribution in [1.29, 1.82) is 0 Å². The Kier molecular flexibility index (Phi) is 7.26. The lowest BCUT2D eigenvalue weighted by molar-refractivity contribution is -0.119. The molecule has 176 valence electrons. The van der Waals surface area contributed by atoms with Crippen LogP contribution < -0.4 is 10.1 Å². The molecular formula is C23H27N3O5S2. The molecule has 2 fully saturated rings. The molecular weight excluding hydrogens is 462 g/mol. The number of anilines is 1. The summed E-state index contributed by atoms with van der Waals surface area (Å²) in [4.78, 5) is 27.8. The summed E-state index contributed by atoms with van der Waals surface area (Å²) in [6, 6.07) is 12.4. The quantitative estimate of drug-likeness (QED) is 0.670. The van der Waals surface area contributed by atoms with Crippen molar-refractivity contribution in [1.82, 2.24) is 9.21 Å². The zero-order valence-corrected chi connectivity index (χ0v) is 20.0. The van der Waals surface area contributed by atoms with Crippen molar-refractivity contribution in [3.63, 3.8) is 0 Å². The van der Waals surface area contributed by atoms with E-state index in [4.69, 9.17) is 4.74 Å². The Hall–Kier alpha value is -2.56. The molecule has 0 spiro atoms. The number of thioether (sulfide) groups is 1. The van der Waals surface area contributed by atoms with Gasteiger partial charge in [-0.1, -0.05) is 12.5 Å². The molecule has 2 amide bonds. The average Bonchev–Trinajstić information content (AvgIpc) is 3.35. The SMILES string of the molecule is COc1ccc(NC(=O)C2CSCN2C(=O)c2cccc(S(=O)(=O)N3CCCCC3)c2)cc1. The van der Waals surface area contributed by atoms with E-state index in [0.717, 1.165) is 19.3 Å². The maximum atomic E-state index is 13.3. The number of sulfonamides is 1. The maximum absolute atomic E-state index is 13.3. The Morgan fingerprint density at radius 2 is 1.79 bits per heavy atom. The summed E-state index contributed by atoms with van der Waals surface area (Å²) in [7, 11) is -2.08. The summed E-state index contributed by atoms with van der Waals surface area (Å²) in [5, 5.41) is 2.85. The highest BCUT2D eigenvalue weighted by Gasteiger charge is 2.36. The number of hydrogen-bond donors (Lipinski definition) is 1. The van der Waals surface area contributed by atoms with Crippen LogP contribution in [0.1, 0.15) is 29.6 Å². The Morgan fingerprint density at radius 3 is 2.48 bits per heavy atom. The number of hydrogen-bond acceptors (Lipinski definition) is 6. The molecule has 2 heterocycles. The minimum absolute atomic E-state index is 0.112. The van der Waals surface area contributed by atoms with Gasteiger partial charge >= 0.3 is 0 Å². The van der Waals surface area contributed by atoms with Crippen LogP contribution >= 0.6 is 11.8 Å². The van der Waals surface area contributed by atoms with Gasteiger partial charge in [-0.15, -0.1) is 11.8 Å². The zero-order chi connectivity index (χ0) is 23.4. The molecule has 0 aromatic heterocycles. The molecule has 2 saturated heterocycles. The largest absolute Gasteiger partial charge is 0.497 e. The van der Waals surface area contributed by atoms with E-state index in [0.29, 0.717) is 36.2 Å². The van der Waals surface area contributed by atoms with E-state index >= 15 is 0 Å². The summed E-state index contributed by atoms with van der Waals surface area (Å²) in [5.74, 6) is 0.879. The van der Waals surface area contributed by atoms with Crippen LogP contribution in [0.2, 0.25) is 0 Å². The molecule has 0 bridgehead atoms. The van der Waals surface area contributed by atoms with Crippen molar-refractivity contribution < 1.29 is 22.7 Å². The molecule has 0 saturated carbocycles. The molecule has 4 rings (SSSR count). The Labute approximate surface area is 198 Å². The van der Waals surface area contributed by atoms with Crippen LogP contribution in [-0.2, 0) is 14.8 Å². The molecule has 0 aliphatic carbocycles. The number of amides is 2. The van der Waals surface area contributed by atoms with E-state index in [1.165, 1.54) is 33.1 Å². The van der Waals surface area contributed by atoms with Crippen LogP contribution in [0, 0.1) is 0 Å². The van der Waals surface area contributed by atoms with Crippen molar-refractivity contribution in [3.8, 4) is 5.75 Å². The van der Waals surface area contributed by atoms with Gasteiger partial charge in [-0.3, -0.25) is 9.59 Å². The monoisotopic (exact) mass is 489 g/mol. The summed E-state index contributed by atoms with van der Waals surface area (Å²) in [6.45, 7) is 0.994. The van der Waals surface area contributed by atoms with Gasteiger partial charge < -0.3 is 15.0 Å². The van der Waals surface area contributed by atoms with E-state index in [1.54, 1.807) is 43.5 Å². The first-order valence-electron chi connectivity index (χ1n) is 10.8. The molecule has 1 atom stereocenters. The lowest BCUT2D eigenvalue weighted by Gasteiger charge is -2.26. The number of methoxy groups -OCH3 is 1. The predicted octanol–water partition coefficient (Wildman–Crippen LogP) is 3.02. The Balaban J connectivity index is 1.49. The van der Waals surface area contributed by atoms with Gasteiger partial charge in [-0.25, -0.2) is 8.42 Å². The van der Waals surface area contributed by atoms with Gasteiger partial charge in [0.1, 0.15) is 11.8 Å². The van der Waals surface area contributed by atoms with E-state index in [9.17, 15) is 18.0 Å². The van der Waals surface area contributed by atoms with E-state index in [1.807, 2.05) is 0 Å². The van der Waals surface area contributed by atoms with Crippen LogP contribution in [0.3, 0.4) is 0 Å². The molecule has 10 heteroatoms. The highest BCUT2D eigenvalue weighted by atomic mass is 32.2. The second kappa shape index (κ2) is 10.1. The van der Waals surface area contributed by atoms with E-state index in [-0.39, 0.29) is 22.3 Å². The molecule has 0 radical (unpaired) electrons. The lowest BCUT2D eigenvalue weighted by atomic mass is 10.1. The fourth-order valence-corrected chi connectivity index (χ4v) is 6.69. The third-order valence-electron chi connectivity index (χ3n) is 5.84. The molecule has 33 heavy (non-hydrogen) atoms. The number of nitrogens with one attached hydrogen (secondary N) is 1. The Morgan fingerprint density at radius 1 is 1.06 bits per heavy atom. The first-order chi connectivity index (χ1) is 15.9. The van der Waals surface area contributed by atoms with Crippen LogP contribution in [0.5, 0.6) is 5.75 Å². The fraction of sp³-hybridized carbons (Fsp3) is 0.391. The Bertz CT molecular complexity index is 1120. The average molecular weight is 490 g/mol. The first-order valence-corrected chi connectivity index (χ1v) is 13.4. The van der Waals surface area contributed by atoms with Crippen molar-refractivity contribution >= 4 is 39.3 Å². The minimum atomic E-state index is -3.65. The van der Waals surface area contributed by atoms with Crippen molar-refractivity contribution in [3.05, 3.63) is 54.1 Å². The normalized spacial score (nSPS) is 19.3. The smallest absolute Gasteiger partial charge is 0.255 e. The van der Waals surface area contributed by atoms with Gasteiger partial charge in [-0.2, -0.15) is 4.31 Å². The number of carbonyl (C=O) groups is 2. The van der Waals surface area contributed by atoms with E-state index in [2.05, 4.69) is 5.32 Å². The molecule has 2 aliphatic heterocycles. The van der Waals surface area contributed by atoms with Crippen LogP contribution in [-0.4, -0.2) is 67.3 Å². The summed E-state index contributed by atoms with van der Waals surface area (Å²) < 4.78 is 32.7. The van der Waals surface area contributed by atoms with Gasteiger partial charge in [0.25, 0.3) is 5.91 Å². The molecule has 1 unspecified atom stereocenters. The lowest BCUT2D eigenvalue weighted by Crippen LogP contribution is -2.44. The molecule has 1 N–H and O–H groups in total. The van der Waals surface area contributed by atoms with Gasteiger partial charge in [0, 0.05) is 30.1 Å². The molecule has 2 aliphatic rings. The van der Waals surface area contributed by atoms with Crippen LogP contribution in [0.15, 0.2) is 53.4 Å². The standard InChI is InChI=1S/C23H27N3O5S2/c1-31-19-10-8-18(9-11-19)24-22(27)21-15-32-16-26(21)23(28)17-6-5-7-20(14-17)33(29,30)25-12-3-2-4-13-25/h5-11,14,21H,2-4,12-13,15-16H2,1H3,(H,24,27). The van der Waals surface area contributed by atoms with Gasteiger partial charge in [0.15, 0.2) is 0 Å². The minimum Gasteiger partial charge on any atom is -0.497 e. The summed E-state index contributed by atoms with van der Waals surface area (Å²) in [6.07, 6.45) is 2.71. The third-order valence-corrected chi connectivity index (χ3v) is 8.74. The van der Waals surface area contributed by atoms with Gasteiger partial charge in [-0.05, 0) is 55.3 Å². The number of piperidine rings is 1. The number of benzene rings is 2. The third kappa shape index (κ3) is 5.18. The second-order valence-electron chi connectivity index (χ2n) is 8.00. The van der Waals surface area contributed by atoms with Crippen LogP contribution in [0.4, 0.5) is 5.69 Å². The number of rotatable bonds is 6. The zero-order valence-electron chi connectivity index (χ0n) is 18.4. The fourth-order valence-electron chi connectivity index (χ4n) is 3.97. The molecule has 2 aromatic rings. The van der Waals surface area contributed by atoms with Gasteiger partial charge in [0.05, 0.1) is 17.9 Å². The number of ether oxygens (including phenoxy) is 1. The predicted molar refractivity (Wildman–Crippen MR) is 128 cm³/mol. The van der Waals surface area contributed by atoms with Gasteiger partial charge in [0.2, 0.25) is 15.9 Å². The van der Waals surface area contributed by atoms with Crippen molar-refractivity contribution in [2.75, 3.05) is 37.1 Å². The number of carbonyl (C=O) groups excluding carboxylic acids is 2. The first kappa shape index (κ1) is 23.6. The summed E-state index contributed by atoms with van der Waals surface area (Å²) in [5.41, 5.74) is 0.873. The second-order valence-corrected chi connectivity index (χ2v) is 10.9. The highest BCUT2D eigenvalue weighted by molar-refractivity contribution is 7.99. The maximum Gasteiger partial charge on any atom is 0.255 e. The van der Waals surface area contributed by atoms with Crippen molar-refractivity contribution in [2.24, 2.45) is 0 Å². The highest BCUT2D eigenvalue weighted by Crippen LogP contribution is 2.27. The molecule has 8 nitrogen and oxygen atoms in total. The molecule has 2 aromatic carbocycles. The van der Waals surface area contributed by atoms with Crippen molar-refractivity contribution in [2.45, 2.75) is 30.2 Å². The van der Waals surface area contributed by atoms with E-state index < -0.39 is 16.1 Å². The van der Waals surface area contributed by atoms with Crippen LogP contribution in [0.25, 0.3) is 0 Å². The topological polar surface area (TPSA) is 96.0 Å². The summed E-state index contributed by atoms with van der Waals surface area (Å²) >= 11 is 1.49. The number of nitrogens with zero attached hydrogens (tertiary/aromatic N) is 2.